The van der Waals surface area contributed by atoms with Crippen molar-refractivity contribution >= 4 is 45.0 Å². The molecule has 0 bridgehead atoms. The highest BCUT2D eigenvalue weighted by Gasteiger charge is 2.10. The van der Waals surface area contributed by atoms with E-state index in [0.29, 0.717) is 5.82 Å². The van der Waals surface area contributed by atoms with Gasteiger partial charge in [0, 0.05) is 34.9 Å². The van der Waals surface area contributed by atoms with Crippen LogP contribution in [0.15, 0.2) is 73.1 Å². The number of benzene rings is 2. The van der Waals surface area contributed by atoms with Crippen molar-refractivity contribution in [2.24, 2.45) is 0 Å². The Morgan fingerprint density at radius 3 is 2.22 bits per heavy atom. The molecule has 0 amide bonds. The van der Waals surface area contributed by atoms with E-state index < -0.39 is 0 Å². The Balaban J connectivity index is 1.85. The molecule has 0 aliphatic rings. The SMILES string of the molecule is ClN(Nc1nc2ccccc2c2ccccc12)c1ccncc1. The predicted molar refractivity (Wildman–Crippen MR) is 95.4 cm³/mol. The molecule has 5 heteroatoms. The van der Waals surface area contributed by atoms with Gasteiger partial charge in [0.25, 0.3) is 0 Å². The van der Waals surface area contributed by atoms with Gasteiger partial charge in [-0.05, 0) is 23.6 Å². The number of hydrazine groups is 1. The van der Waals surface area contributed by atoms with Gasteiger partial charge in [-0.15, -0.1) is 0 Å². The van der Waals surface area contributed by atoms with E-state index >= 15 is 0 Å². The molecule has 0 fully saturated rings. The second-order valence-corrected chi connectivity index (χ2v) is 5.46. The fraction of sp³-hybridized carbons (Fsp3) is 0. The number of hydrogen-bond donors (Lipinski definition) is 1. The van der Waals surface area contributed by atoms with Gasteiger partial charge in [0.05, 0.1) is 11.2 Å². The molecule has 0 atom stereocenters. The third kappa shape index (κ3) is 2.53. The molecule has 0 aliphatic carbocycles. The van der Waals surface area contributed by atoms with Crippen LogP contribution in [0.5, 0.6) is 0 Å². The van der Waals surface area contributed by atoms with Crippen LogP contribution in [-0.4, -0.2) is 9.97 Å². The van der Waals surface area contributed by atoms with Crippen LogP contribution in [0.3, 0.4) is 0 Å². The second kappa shape index (κ2) is 5.74. The molecule has 0 saturated carbocycles. The molecule has 4 nitrogen and oxygen atoms in total. The average molecular weight is 321 g/mol. The Hall–Kier alpha value is -2.85. The monoisotopic (exact) mass is 320 g/mol. The van der Waals surface area contributed by atoms with Gasteiger partial charge >= 0.3 is 0 Å². The van der Waals surface area contributed by atoms with E-state index in [-0.39, 0.29) is 0 Å². The number of hydrogen-bond acceptors (Lipinski definition) is 4. The summed E-state index contributed by atoms with van der Waals surface area (Å²) in [5.74, 6) is 0.714. The molecule has 0 unspecified atom stereocenters. The van der Waals surface area contributed by atoms with Crippen molar-refractivity contribution in [2.45, 2.75) is 0 Å². The lowest BCUT2D eigenvalue weighted by molar-refractivity contribution is 1.21. The smallest absolute Gasteiger partial charge is 0.154 e. The van der Waals surface area contributed by atoms with Gasteiger partial charge in [0.15, 0.2) is 5.82 Å². The van der Waals surface area contributed by atoms with Crippen molar-refractivity contribution in [1.82, 2.24) is 9.97 Å². The zero-order valence-corrected chi connectivity index (χ0v) is 12.9. The van der Waals surface area contributed by atoms with Gasteiger partial charge in [-0.2, -0.15) is 4.53 Å². The maximum atomic E-state index is 6.35. The van der Waals surface area contributed by atoms with E-state index in [1.54, 1.807) is 12.4 Å². The minimum atomic E-state index is 0.714. The predicted octanol–water partition coefficient (Wildman–Crippen LogP) is 4.77. The molecule has 0 radical (unpaired) electrons. The van der Waals surface area contributed by atoms with Crippen LogP contribution in [0.2, 0.25) is 0 Å². The first-order valence-corrected chi connectivity index (χ1v) is 7.57. The topological polar surface area (TPSA) is 41.0 Å². The fourth-order valence-electron chi connectivity index (χ4n) is 2.62. The van der Waals surface area contributed by atoms with Crippen LogP contribution in [-0.2, 0) is 0 Å². The van der Waals surface area contributed by atoms with Crippen LogP contribution >= 0.6 is 11.8 Å². The maximum absolute atomic E-state index is 6.35. The number of nitrogens with one attached hydrogen (secondary N) is 1. The number of para-hydroxylation sites is 1. The summed E-state index contributed by atoms with van der Waals surface area (Å²) in [6.45, 7) is 0. The average Bonchev–Trinajstić information content (AvgIpc) is 2.62. The van der Waals surface area contributed by atoms with Crippen molar-refractivity contribution in [3.8, 4) is 0 Å². The largest absolute Gasteiger partial charge is 0.266 e. The summed E-state index contributed by atoms with van der Waals surface area (Å²) < 4.78 is 1.42. The molecule has 4 rings (SSSR count). The number of halogens is 1. The van der Waals surface area contributed by atoms with Gasteiger partial charge < -0.3 is 0 Å². The lowest BCUT2D eigenvalue weighted by Gasteiger charge is -2.19. The van der Waals surface area contributed by atoms with Gasteiger partial charge in [-0.25, -0.2) is 4.98 Å². The minimum Gasteiger partial charge on any atom is -0.266 e. The molecule has 112 valence electrons. The number of rotatable bonds is 3. The van der Waals surface area contributed by atoms with Gasteiger partial charge in [-0.3, -0.25) is 10.4 Å². The number of aromatic nitrogens is 2. The van der Waals surface area contributed by atoms with Crippen LogP contribution in [0, 0.1) is 0 Å². The van der Waals surface area contributed by atoms with E-state index in [0.717, 1.165) is 27.4 Å². The van der Waals surface area contributed by atoms with E-state index in [2.05, 4.69) is 22.5 Å². The molecule has 0 spiro atoms. The normalized spacial score (nSPS) is 10.8. The molecule has 2 heterocycles. The van der Waals surface area contributed by atoms with Crippen LogP contribution < -0.4 is 9.95 Å². The summed E-state index contributed by atoms with van der Waals surface area (Å²) in [6, 6.07) is 19.9. The van der Waals surface area contributed by atoms with Gasteiger partial charge in [0.2, 0.25) is 0 Å². The Morgan fingerprint density at radius 1 is 0.783 bits per heavy atom. The van der Waals surface area contributed by atoms with Crippen LogP contribution in [0.25, 0.3) is 21.7 Å². The summed E-state index contributed by atoms with van der Waals surface area (Å²) in [6.07, 6.45) is 3.39. The third-order valence-corrected chi connectivity index (χ3v) is 3.98. The highest BCUT2D eigenvalue weighted by atomic mass is 35.5. The number of pyridine rings is 2. The lowest BCUT2D eigenvalue weighted by atomic mass is 10.1. The summed E-state index contributed by atoms with van der Waals surface area (Å²) in [5.41, 5.74) is 4.87. The molecular formula is C18H13ClN4. The Kier molecular flexibility index (Phi) is 3.44. The second-order valence-electron chi connectivity index (χ2n) is 5.12. The summed E-state index contributed by atoms with van der Waals surface area (Å²) in [7, 11) is 0. The lowest BCUT2D eigenvalue weighted by Crippen LogP contribution is -2.19. The summed E-state index contributed by atoms with van der Waals surface area (Å²) >= 11 is 6.35. The van der Waals surface area contributed by atoms with E-state index in [9.17, 15) is 0 Å². The first-order valence-electron chi connectivity index (χ1n) is 7.23. The van der Waals surface area contributed by atoms with Crippen LogP contribution in [0.1, 0.15) is 0 Å². The van der Waals surface area contributed by atoms with E-state index in [1.165, 1.54) is 4.53 Å². The minimum absolute atomic E-state index is 0.714. The van der Waals surface area contributed by atoms with Crippen molar-refractivity contribution in [1.29, 1.82) is 0 Å². The van der Waals surface area contributed by atoms with E-state index in [4.69, 9.17) is 16.8 Å². The standard InChI is InChI=1S/C18H13ClN4/c19-23(13-9-11-20-12-10-13)22-18-16-7-2-1-5-14(16)15-6-3-4-8-17(15)21-18/h1-12H,(H,21,22). The number of nitrogens with zero attached hydrogens (tertiary/aromatic N) is 3. The fourth-order valence-corrected chi connectivity index (χ4v) is 2.81. The maximum Gasteiger partial charge on any atom is 0.154 e. The Morgan fingerprint density at radius 2 is 1.43 bits per heavy atom. The summed E-state index contributed by atoms with van der Waals surface area (Å²) in [5, 5.41) is 3.28. The first-order chi connectivity index (χ1) is 11.3. The number of anilines is 2. The van der Waals surface area contributed by atoms with Crippen molar-refractivity contribution in [3.05, 3.63) is 73.1 Å². The van der Waals surface area contributed by atoms with Crippen molar-refractivity contribution in [3.63, 3.8) is 0 Å². The zero-order chi connectivity index (χ0) is 15.6. The quantitative estimate of drug-likeness (QED) is 0.335. The third-order valence-electron chi connectivity index (χ3n) is 3.70. The summed E-state index contributed by atoms with van der Waals surface area (Å²) in [4.78, 5) is 8.71. The van der Waals surface area contributed by atoms with Gasteiger partial charge in [0.1, 0.15) is 0 Å². The number of fused-ring (bicyclic) bond motifs is 3. The van der Waals surface area contributed by atoms with Crippen molar-refractivity contribution in [2.75, 3.05) is 9.95 Å². The molecule has 23 heavy (non-hydrogen) atoms. The molecule has 0 saturated heterocycles. The zero-order valence-electron chi connectivity index (χ0n) is 12.1. The Bertz CT molecular complexity index is 972. The molecule has 0 aliphatic heterocycles. The van der Waals surface area contributed by atoms with Gasteiger partial charge in [-0.1, -0.05) is 42.5 Å². The molecular weight excluding hydrogens is 308 g/mol. The molecule has 2 aromatic carbocycles. The highest BCUT2D eigenvalue weighted by Crippen LogP contribution is 2.30. The molecule has 2 aromatic heterocycles. The van der Waals surface area contributed by atoms with Crippen LogP contribution in [0.4, 0.5) is 11.5 Å². The van der Waals surface area contributed by atoms with Crippen molar-refractivity contribution < 1.29 is 0 Å². The Labute approximate surface area is 138 Å². The van der Waals surface area contributed by atoms with E-state index in [1.807, 2.05) is 48.5 Å². The molecule has 1 N–H and O–H groups in total. The first kappa shape index (κ1) is 13.8. The molecule has 4 aromatic rings. The highest BCUT2D eigenvalue weighted by molar-refractivity contribution is 6.26.